The highest BCUT2D eigenvalue weighted by molar-refractivity contribution is 7.15. The molecule has 0 aromatic carbocycles. The van der Waals surface area contributed by atoms with E-state index in [2.05, 4.69) is 24.1 Å². The maximum atomic E-state index is 5.30. The van der Waals surface area contributed by atoms with Crippen LogP contribution < -0.4 is 10.2 Å². The first-order valence-corrected chi connectivity index (χ1v) is 8.55. The molecule has 1 aromatic rings. The van der Waals surface area contributed by atoms with Crippen LogP contribution >= 0.6 is 11.3 Å². The summed E-state index contributed by atoms with van der Waals surface area (Å²) in [6, 6.07) is 0.735. The summed E-state index contributed by atoms with van der Waals surface area (Å²) in [7, 11) is 1.74. The summed E-state index contributed by atoms with van der Waals surface area (Å²) in [6.07, 6.45) is 4.97. The van der Waals surface area contributed by atoms with Crippen LogP contribution in [0.15, 0.2) is 0 Å². The molecule has 1 aromatic heterocycles. The van der Waals surface area contributed by atoms with Crippen LogP contribution in [0.4, 0.5) is 5.13 Å². The lowest BCUT2D eigenvalue weighted by atomic mass is 10.3. The Morgan fingerprint density at radius 1 is 1.30 bits per heavy atom. The van der Waals surface area contributed by atoms with Crippen molar-refractivity contribution in [2.45, 2.75) is 58.7 Å². The number of nitrogens with zero attached hydrogens (tertiary/aromatic N) is 2. The minimum Gasteiger partial charge on any atom is -0.378 e. The van der Waals surface area contributed by atoms with E-state index in [1.807, 2.05) is 11.3 Å². The van der Waals surface area contributed by atoms with Crippen molar-refractivity contribution in [2.24, 2.45) is 0 Å². The second-order valence-corrected chi connectivity index (χ2v) is 6.50. The number of aromatic nitrogens is 1. The molecule has 0 amide bonds. The molecule has 0 spiro atoms. The Hall–Kier alpha value is -0.650. The van der Waals surface area contributed by atoms with Gasteiger partial charge in [0.15, 0.2) is 5.13 Å². The van der Waals surface area contributed by atoms with Crippen molar-refractivity contribution in [3.63, 3.8) is 0 Å². The first-order chi connectivity index (χ1) is 9.78. The third-order valence-corrected chi connectivity index (χ3v) is 4.59. The molecular weight excluding hydrogens is 270 g/mol. The topological polar surface area (TPSA) is 37.4 Å². The van der Waals surface area contributed by atoms with Gasteiger partial charge in [-0.3, -0.25) is 0 Å². The van der Waals surface area contributed by atoms with E-state index in [4.69, 9.17) is 9.72 Å². The summed E-state index contributed by atoms with van der Waals surface area (Å²) in [5.74, 6) is 0. The lowest BCUT2D eigenvalue weighted by Crippen LogP contribution is -2.24. The molecule has 2 rings (SSSR count). The van der Waals surface area contributed by atoms with Crippen LogP contribution in [0.25, 0.3) is 0 Å². The first kappa shape index (κ1) is 15.7. The highest BCUT2D eigenvalue weighted by Gasteiger charge is 2.22. The van der Waals surface area contributed by atoms with E-state index >= 15 is 0 Å². The summed E-state index contributed by atoms with van der Waals surface area (Å²) in [4.78, 5) is 8.56. The number of hydrogen-bond donors (Lipinski definition) is 1. The zero-order chi connectivity index (χ0) is 14.4. The summed E-state index contributed by atoms with van der Waals surface area (Å²) >= 11 is 1.83. The molecule has 0 atom stereocenters. The van der Waals surface area contributed by atoms with Crippen molar-refractivity contribution in [1.82, 2.24) is 10.3 Å². The fourth-order valence-electron chi connectivity index (χ4n) is 2.26. The second kappa shape index (κ2) is 7.96. The summed E-state index contributed by atoms with van der Waals surface area (Å²) < 4.78 is 5.30. The van der Waals surface area contributed by atoms with Crippen LogP contribution in [-0.2, 0) is 17.9 Å². The van der Waals surface area contributed by atoms with Gasteiger partial charge in [0.05, 0.1) is 12.3 Å². The molecule has 0 bridgehead atoms. The van der Waals surface area contributed by atoms with Crippen LogP contribution in [0.1, 0.15) is 50.1 Å². The molecule has 1 aliphatic carbocycles. The maximum Gasteiger partial charge on any atom is 0.185 e. The number of nitrogens with one attached hydrogen (secondary N) is 1. The van der Waals surface area contributed by atoms with E-state index in [-0.39, 0.29) is 0 Å². The summed E-state index contributed by atoms with van der Waals surface area (Å²) in [5, 5.41) is 4.74. The fourth-order valence-corrected chi connectivity index (χ4v) is 3.33. The van der Waals surface area contributed by atoms with E-state index in [1.54, 1.807) is 7.11 Å². The Morgan fingerprint density at radius 3 is 2.55 bits per heavy atom. The lowest BCUT2D eigenvalue weighted by molar-refractivity contribution is 0.181. The Morgan fingerprint density at radius 2 is 2.00 bits per heavy atom. The molecule has 0 unspecified atom stereocenters. The zero-order valence-corrected chi connectivity index (χ0v) is 13.8. The quantitative estimate of drug-likeness (QED) is 0.720. The van der Waals surface area contributed by atoms with Gasteiger partial charge in [-0.05, 0) is 25.7 Å². The molecule has 5 heteroatoms. The number of hydrogen-bond acceptors (Lipinski definition) is 5. The van der Waals surface area contributed by atoms with Gasteiger partial charge in [0.25, 0.3) is 0 Å². The maximum absolute atomic E-state index is 5.30. The average molecular weight is 297 g/mol. The fraction of sp³-hybridized carbons (Fsp3) is 0.800. The summed E-state index contributed by atoms with van der Waals surface area (Å²) in [5.41, 5.74) is 1.11. The van der Waals surface area contributed by atoms with Gasteiger partial charge in [-0.2, -0.15) is 0 Å². The molecular formula is C15H27N3OS. The number of methoxy groups -OCH3 is 1. The van der Waals surface area contributed by atoms with Crippen molar-refractivity contribution < 1.29 is 4.74 Å². The zero-order valence-electron chi connectivity index (χ0n) is 12.9. The number of ether oxygens (including phenoxy) is 1. The molecule has 4 nitrogen and oxygen atoms in total. The monoisotopic (exact) mass is 297 g/mol. The third-order valence-electron chi connectivity index (χ3n) is 3.43. The van der Waals surface area contributed by atoms with E-state index in [0.29, 0.717) is 6.61 Å². The normalized spacial score (nSPS) is 14.8. The Kier molecular flexibility index (Phi) is 6.26. The van der Waals surface area contributed by atoms with Crippen molar-refractivity contribution in [3.05, 3.63) is 10.6 Å². The van der Waals surface area contributed by atoms with Gasteiger partial charge in [0, 0.05) is 37.7 Å². The predicted molar refractivity (Wildman–Crippen MR) is 85.5 cm³/mol. The Bertz CT molecular complexity index is 398. The predicted octanol–water partition coefficient (Wildman–Crippen LogP) is 3.17. The van der Waals surface area contributed by atoms with Crippen LogP contribution in [0.2, 0.25) is 0 Å². The standard InChI is InChI=1S/C15H27N3OS/c1-4-8-18(9-5-2)15-17-13(11-19-3)14(20-15)10-16-12-6-7-12/h12,16H,4-11H2,1-3H3. The molecule has 114 valence electrons. The molecule has 20 heavy (non-hydrogen) atoms. The average Bonchev–Trinajstić information content (AvgIpc) is 3.18. The van der Waals surface area contributed by atoms with Crippen molar-refractivity contribution in [3.8, 4) is 0 Å². The number of anilines is 1. The van der Waals surface area contributed by atoms with Crippen LogP contribution in [-0.4, -0.2) is 31.2 Å². The van der Waals surface area contributed by atoms with Gasteiger partial charge in [-0.15, -0.1) is 11.3 Å². The SMILES string of the molecule is CCCN(CCC)c1nc(COC)c(CNC2CC2)s1. The largest absolute Gasteiger partial charge is 0.378 e. The molecule has 1 N–H and O–H groups in total. The van der Waals surface area contributed by atoms with E-state index in [9.17, 15) is 0 Å². The molecule has 0 saturated heterocycles. The molecule has 0 radical (unpaired) electrons. The van der Waals surface area contributed by atoms with Gasteiger partial charge in [-0.25, -0.2) is 4.98 Å². The molecule has 1 heterocycles. The number of rotatable bonds is 10. The highest BCUT2D eigenvalue weighted by Crippen LogP contribution is 2.28. The Labute approximate surface area is 126 Å². The minimum atomic E-state index is 0.615. The highest BCUT2D eigenvalue weighted by atomic mass is 32.1. The van der Waals surface area contributed by atoms with E-state index in [0.717, 1.165) is 49.3 Å². The van der Waals surface area contributed by atoms with Crippen molar-refractivity contribution >= 4 is 16.5 Å². The van der Waals surface area contributed by atoms with Crippen LogP contribution in [0, 0.1) is 0 Å². The minimum absolute atomic E-state index is 0.615. The second-order valence-electron chi connectivity index (χ2n) is 5.44. The smallest absolute Gasteiger partial charge is 0.185 e. The van der Waals surface area contributed by atoms with Gasteiger partial charge >= 0.3 is 0 Å². The van der Waals surface area contributed by atoms with Crippen LogP contribution in [0.3, 0.4) is 0 Å². The van der Waals surface area contributed by atoms with Gasteiger partial charge in [-0.1, -0.05) is 13.8 Å². The van der Waals surface area contributed by atoms with E-state index < -0.39 is 0 Å². The molecule has 1 saturated carbocycles. The van der Waals surface area contributed by atoms with E-state index in [1.165, 1.54) is 17.7 Å². The van der Waals surface area contributed by atoms with Gasteiger partial charge < -0.3 is 15.0 Å². The lowest BCUT2D eigenvalue weighted by Gasteiger charge is -2.20. The van der Waals surface area contributed by atoms with Gasteiger partial charge in [0.1, 0.15) is 0 Å². The van der Waals surface area contributed by atoms with Crippen LogP contribution in [0.5, 0.6) is 0 Å². The van der Waals surface area contributed by atoms with Crippen molar-refractivity contribution in [1.29, 1.82) is 0 Å². The third kappa shape index (κ3) is 4.43. The number of thiazole rings is 1. The first-order valence-electron chi connectivity index (χ1n) is 7.74. The van der Waals surface area contributed by atoms with Gasteiger partial charge in [0.2, 0.25) is 0 Å². The Balaban J connectivity index is 2.07. The van der Waals surface area contributed by atoms with Crippen molar-refractivity contribution in [2.75, 3.05) is 25.1 Å². The molecule has 1 fully saturated rings. The molecule has 0 aliphatic heterocycles. The summed E-state index contributed by atoms with van der Waals surface area (Å²) in [6.45, 7) is 8.17. The molecule has 1 aliphatic rings.